The van der Waals surface area contributed by atoms with Gasteiger partial charge >= 0.3 is 0 Å². The van der Waals surface area contributed by atoms with Crippen molar-refractivity contribution in [2.24, 2.45) is 0 Å². The van der Waals surface area contributed by atoms with Crippen molar-refractivity contribution in [2.75, 3.05) is 5.32 Å². The van der Waals surface area contributed by atoms with Gasteiger partial charge in [0.1, 0.15) is 11.6 Å². The van der Waals surface area contributed by atoms with Gasteiger partial charge in [-0.2, -0.15) is 5.10 Å². The Morgan fingerprint density at radius 2 is 2.33 bits per heavy atom. The number of hydrogen-bond donors (Lipinski definition) is 2. The van der Waals surface area contributed by atoms with E-state index in [0.717, 1.165) is 5.56 Å². The summed E-state index contributed by atoms with van der Waals surface area (Å²) in [6, 6.07) is 1.64. The van der Waals surface area contributed by atoms with Crippen molar-refractivity contribution in [3.63, 3.8) is 0 Å². The molecule has 0 aliphatic carbocycles. The first-order valence-electron chi connectivity index (χ1n) is 4.54. The SMILES string of the molecule is Cc1cn[nH]c1NC(=O)c1ccoc1C. The molecule has 0 saturated heterocycles. The van der Waals surface area contributed by atoms with Crippen LogP contribution in [0.25, 0.3) is 0 Å². The quantitative estimate of drug-likeness (QED) is 0.786. The molecule has 2 aromatic rings. The fourth-order valence-electron chi connectivity index (χ4n) is 1.27. The normalized spacial score (nSPS) is 10.3. The minimum Gasteiger partial charge on any atom is -0.469 e. The molecule has 0 unspecified atom stereocenters. The summed E-state index contributed by atoms with van der Waals surface area (Å²) in [7, 11) is 0. The van der Waals surface area contributed by atoms with Crippen molar-refractivity contribution in [3.8, 4) is 0 Å². The highest BCUT2D eigenvalue weighted by Gasteiger charge is 2.12. The minimum absolute atomic E-state index is 0.200. The molecule has 0 aliphatic rings. The third kappa shape index (κ3) is 1.76. The van der Waals surface area contributed by atoms with Crippen LogP contribution in [0.15, 0.2) is 22.9 Å². The second-order valence-corrected chi connectivity index (χ2v) is 3.27. The van der Waals surface area contributed by atoms with Gasteiger partial charge in [0.2, 0.25) is 0 Å². The summed E-state index contributed by atoms with van der Waals surface area (Å²) in [6.07, 6.45) is 3.14. The van der Waals surface area contributed by atoms with Crippen LogP contribution in [0.3, 0.4) is 0 Å². The Labute approximate surface area is 86.5 Å². The van der Waals surface area contributed by atoms with Gasteiger partial charge in [-0.05, 0) is 19.9 Å². The lowest BCUT2D eigenvalue weighted by Gasteiger charge is -2.01. The zero-order valence-electron chi connectivity index (χ0n) is 8.50. The number of anilines is 1. The number of carbonyl (C=O) groups is 1. The summed E-state index contributed by atoms with van der Waals surface area (Å²) >= 11 is 0. The van der Waals surface area contributed by atoms with E-state index in [9.17, 15) is 4.79 Å². The highest BCUT2D eigenvalue weighted by molar-refractivity contribution is 6.04. The number of nitrogens with zero attached hydrogens (tertiary/aromatic N) is 1. The molecule has 0 aromatic carbocycles. The van der Waals surface area contributed by atoms with E-state index in [-0.39, 0.29) is 5.91 Å². The number of nitrogens with one attached hydrogen (secondary N) is 2. The molecule has 2 heterocycles. The van der Waals surface area contributed by atoms with Gasteiger partial charge in [-0.15, -0.1) is 0 Å². The molecule has 0 spiro atoms. The van der Waals surface area contributed by atoms with Crippen LogP contribution < -0.4 is 5.32 Å². The predicted molar refractivity (Wildman–Crippen MR) is 54.7 cm³/mol. The van der Waals surface area contributed by atoms with Crippen molar-refractivity contribution in [1.29, 1.82) is 0 Å². The predicted octanol–water partition coefficient (Wildman–Crippen LogP) is 1.87. The second-order valence-electron chi connectivity index (χ2n) is 3.27. The van der Waals surface area contributed by atoms with Crippen LogP contribution in [0, 0.1) is 13.8 Å². The summed E-state index contributed by atoms with van der Waals surface area (Å²) in [5.74, 6) is 1.01. The molecule has 2 N–H and O–H groups in total. The van der Waals surface area contributed by atoms with E-state index in [4.69, 9.17) is 4.42 Å². The number of rotatable bonds is 2. The standard InChI is InChI=1S/C10H11N3O2/c1-6-5-11-13-9(6)12-10(14)8-3-4-15-7(8)2/h3-5H,1-2H3,(H2,11,12,13,14). The maximum atomic E-state index is 11.7. The Kier molecular flexibility index (Phi) is 2.29. The monoisotopic (exact) mass is 205 g/mol. The van der Waals surface area contributed by atoms with Gasteiger partial charge in [-0.1, -0.05) is 0 Å². The molecule has 0 saturated carbocycles. The molecule has 2 rings (SSSR count). The Bertz CT molecular complexity index is 484. The average Bonchev–Trinajstić information content (AvgIpc) is 2.76. The van der Waals surface area contributed by atoms with E-state index >= 15 is 0 Å². The van der Waals surface area contributed by atoms with Crippen molar-refractivity contribution in [3.05, 3.63) is 35.4 Å². The molecular formula is C10H11N3O2. The molecule has 0 fully saturated rings. The lowest BCUT2D eigenvalue weighted by molar-refractivity contribution is 0.102. The number of H-pyrrole nitrogens is 1. The second kappa shape index (κ2) is 3.61. The van der Waals surface area contributed by atoms with E-state index < -0.39 is 0 Å². The minimum atomic E-state index is -0.200. The van der Waals surface area contributed by atoms with E-state index in [1.807, 2.05) is 6.92 Å². The number of carbonyl (C=O) groups excluding carboxylic acids is 1. The topological polar surface area (TPSA) is 70.9 Å². The summed E-state index contributed by atoms with van der Waals surface area (Å²) in [6.45, 7) is 3.61. The molecule has 5 nitrogen and oxygen atoms in total. The zero-order chi connectivity index (χ0) is 10.8. The average molecular weight is 205 g/mol. The lowest BCUT2D eigenvalue weighted by Crippen LogP contribution is -2.13. The molecule has 0 radical (unpaired) electrons. The van der Waals surface area contributed by atoms with Crippen LogP contribution in [-0.2, 0) is 0 Å². The molecule has 78 valence electrons. The maximum Gasteiger partial charge on any atom is 0.260 e. The number of amides is 1. The third-order valence-electron chi connectivity index (χ3n) is 2.17. The summed E-state index contributed by atoms with van der Waals surface area (Å²) in [4.78, 5) is 11.7. The highest BCUT2D eigenvalue weighted by atomic mass is 16.3. The van der Waals surface area contributed by atoms with Crippen molar-refractivity contribution in [2.45, 2.75) is 13.8 Å². The number of aromatic nitrogens is 2. The van der Waals surface area contributed by atoms with Gasteiger partial charge in [0.25, 0.3) is 5.91 Å². The fourth-order valence-corrected chi connectivity index (χ4v) is 1.27. The van der Waals surface area contributed by atoms with E-state index in [0.29, 0.717) is 17.1 Å². The Hall–Kier alpha value is -2.04. The number of aryl methyl sites for hydroxylation is 2. The van der Waals surface area contributed by atoms with Gasteiger partial charge in [-0.25, -0.2) is 0 Å². The largest absolute Gasteiger partial charge is 0.469 e. The van der Waals surface area contributed by atoms with Crippen molar-refractivity contribution in [1.82, 2.24) is 10.2 Å². The first-order chi connectivity index (χ1) is 7.18. The number of furan rings is 1. The molecule has 5 heteroatoms. The summed E-state index contributed by atoms with van der Waals surface area (Å²) < 4.78 is 5.05. The smallest absolute Gasteiger partial charge is 0.260 e. The number of hydrogen-bond acceptors (Lipinski definition) is 3. The van der Waals surface area contributed by atoms with E-state index in [2.05, 4.69) is 15.5 Å². The van der Waals surface area contributed by atoms with Crippen LogP contribution in [0.5, 0.6) is 0 Å². The van der Waals surface area contributed by atoms with E-state index in [1.165, 1.54) is 6.26 Å². The summed E-state index contributed by atoms with van der Waals surface area (Å²) in [5, 5.41) is 9.24. The molecule has 2 aromatic heterocycles. The van der Waals surface area contributed by atoms with Crippen molar-refractivity contribution >= 4 is 11.7 Å². The number of aromatic amines is 1. The zero-order valence-corrected chi connectivity index (χ0v) is 8.50. The van der Waals surface area contributed by atoms with Crippen LogP contribution in [0.2, 0.25) is 0 Å². The Morgan fingerprint density at radius 3 is 2.87 bits per heavy atom. The first kappa shape index (κ1) is 9.51. The first-order valence-corrected chi connectivity index (χ1v) is 4.54. The van der Waals surface area contributed by atoms with E-state index in [1.54, 1.807) is 19.2 Å². The molecule has 0 atom stereocenters. The van der Waals surface area contributed by atoms with Crippen LogP contribution in [0.1, 0.15) is 21.7 Å². The summed E-state index contributed by atoms with van der Waals surface area (Å²) in [5.41, 5.74) is 1.42. The molecule has 1 amide bonds. The van der Waals surface area contributed by atoms with Crippen LogP contribution >= 0.6 is 0 Å². The Morgan fingerprint density at radius 1 is 1.53 bits per heavy atom. The highest BCUT2D eigenvalue weighted by Crippen LogP contribution is 2.13. The molecular weight excluding hydrogens is 194 g/mol. The molecule has 0 aliphatic heterocycles. The third-order valence-corrected chi connectivity index (χ3v) is 2.17. The fraction of sp³-hybridized carbons (Fsp3) is 0.200. The van der Waals surface area contributed by atoms with Crippen molar-refractivity contribution < 1.29 is 9.21 Å². The molecule has 0 bridgehead atoms. The molecule has 15 heavy (non-hydrogen) atoms. The van der Waals surface area contributed by atoms with Gasteiger partial charge in [0, 0.05) is 5.56 Å². The lowest BCUT2D eigenvalue weighted by atomic mass is 10.2. The van der Waals surface area contributed by atoms with Gasteiger partial charge < -0.3 is 9.73 Å². The Balaban J connectivity index is 2.18. The van der Waals surface area contributed by atoms with Gasteiger partial charge in [-0.3, -0.25) is 9.89 Å². The van der Waals surface area contributed by atoms with Crippen LogP contribution in [0.4, 0.5) is 5.82 Å². The van der Waals surface area contributed by atoms with Gasteiger partial charge in [0.15, 0.2) is 0 Å². The maximum absolute atomic E-state index is 11.7. The van der Waals surface area contributed by atoms with Gasteiger partial charge in [0.05, 0.1) is 18.0 Å². The van der Waals surface area contributed by atoms with Crippen LogP contribution in [-0.4, -0.2) is 16.1 Å².